The molecule has 0 bridgehead atoms. The van der Waals surface area contributed by atoms with Crippen LogP contribution in [0.1, 0.15) is 22.5 Å². The summed E-state index contributed by atoms with van der Waals surface area (Å²) in [7, 11) is 3.55. The number of carbonyl (C=O) groups excluding carboxylic acids is 1. The molecule has 0 spiro atoms. The maximum Gasteiger partial charge on any atom is 0.252 e. The van der Waals surface area contributed by atoms with Gasteiger partial charge in [-0.25, -0.2) is 4.98 Å². The van der Waals surface area contributed by atoms with Crippen LogP contribution < -0.4 is 5.32 Å². The van der Waals surface area contributed by atoms with Gasteiger partial charge < -0.3 is 10.1 Å². The third-order valence-corrected chi connectivity index (χ3v) is 4.28. The lowest BCUT2D eigenvalue weighted by Gasteiger charge is -2.10. The third-order valence-electron chi connectivity index (χ3n) is 4.28. The van der Waals surface area contributed by atoms with Crippen LogP contribution in [0.4, 0.5) is 0 Å². The Morgan fingerprint density at radius 2 is 2.12 bits per heavy atom. The highest BCUT2D eigenvalue weighted by Gasteiger charge is 2.15. The minimum absolute atomic E-state index is 0.0995. The average Bonchev–Trinajstić information content (AvgIpc) is 2.96. The van der Waals surface area contributed by atoms with Gasteiger partial charge in [-0.05, 0) is 25.5 Å². The van der Waals surface area contributed by atoms with Gasteiger partial charge in [-0.3, -0.25) is 9.48 Å². The van der Waals surface area contributed by atoms with E-state index < -0.39 is 0 Å². The van der Waals surface area contributed by atoms with Crippen LogP contribution in [-0.4, -0.2) is 40.9 Å². The first kappa shape index (κ1) is 17.1. The summed E-state index contributed by atoms with van der Waals surface area (Å²) in [5.74, 6) is -0.0995. The topological polar surface area (TPSA) is 69.0 Å². The molecule has 2 aromatic heterocycles. The van der Waals surface area contributed by atoms with Crippen molar-refractivity contribution in [2.45, 2.75) is 13.3 Å². The van der Waals surface area contributed by atoms with Crippen LogP contribution >= 0.6 is 0 Å². The Bertz CT molecular complexity index is 902. The summed E-state index contributed by atoms with van der Waals surface area (Å²) in [5.41, 5.74) is 4.12. The molecule has 3 aromatic rings. The highest BCUT2D eigenvalue weighted by atomic mass is 16.5. The summed E-state index contributed by atoms with van der Waals surface area (Å²) in [4.78, 5) is 17.4. The number of nitrogens with zero attached hydrogens (tertiary/aromatic N) is 3. The number of methoxy groups -OCH3 is 1. The summed E-state index contributed by atoms with van der Waals surface area (Å²) in [6.45, 7) is 3.19. The number of hydrogen-bond donors (Lipinski definition) is 1. The van der Waals surface area contributed by atoms with E-state index >= 15 is 0 Å². The minimum Gasteiger partial charge on any atom is -0.385 e. The van der Waals surface area contributed by atoms with Crippen molar-refractivity contribution in [1.29, 1.82) is 0 Å². The first-order valence-corrected chi connectivity index (χ1v) is 8.27. The quantitative estimate of drug-likeness (QED) is 0.702. The molecule has 0 aliphatic heterocycles. The van der Waals surface area contributed by atoms with E-state index in [1.54, 1.807) is 18.0 Å². The normalized spacial score (nSPS) is 11.0. The molecule has 6 heteroatoms. The minimum atomic E-state index is -0.0995. The number of para-hydroxylation sites is 1. The number of benzene rings is 1. The molecule has 1 N–H and O–H groups in total. The van der Waals surface area contributed by atoms with Crippen molar-refractivity contribution in [1.82, 2.24) is 20.1 Å². The predicted molar refractivity (Wildman–Crippen MR) is 97.5 cm³/mol. The molecule has 1 aromatic carbocycles. The van der Waals surface area contributed by atoms with Gasteiger partial charge in [0.15, 0.2) is 0 Å². The number of nitrogens with one attached hydrogen (secondary N) is 1. The molecule has 0 saturated heterocycles. The number of carbonyl (C=O) groups is 1. The van der Waals surface area contributed by atoms with Crippen LogP contribution in [0.3, 0.4) is 0 Å². The molecule has 0 aliphatic carbocycles. The molecule has 2 heterocycles. The van der Waals surface area contributed by atoms with E-state index in [2.05, 4.69) is 10.4 Å². The van der Waals surface area contributed by atoms with E-state index in [0.29, 0.717) is 18.7 Å². The maximum atomic E-state index is 12.7. The molecule has 0 radical (unpaired) electrons. The van der Waals surface area contributed by atoms with Crippen LogP contribution in [0.2, 0.25) is 0 Å². The van der Waals surface area contributed by atoms with Gasteiger partial charge in [-0.1, -0.05) is 18.2 Å². The Hall–Kier alpha value is -2.73. The standard InChI is InChI=1S/C19H22N4O2/c1-13-16(12-21-23(13)2)18-11-15(19(24)20-9-6-10-25-3)14-7-4-5-8-17(14)22-18/h4-5,7-8,11-12H,6,9-10H2,1-3H3,(H,20,24). The Morgan fingerprint density at radius 3 is 2.84 bits per heavy atom. The highest BCUT2D eigenvalue weighted by molar-refractivity contribution is 6.07. The van der Waals surface area contributed by atoms with Crippen LogP contribution in [0, 0.1) is 6.92 Å². The van der Waals surface area contributed by atoms with Crippen LogP contribution in [0.15, 0.2) is 36.5 Å². The molecule has 1 amide bonds. The number of rotatable bonds is 6. The largest absolute Gasteiger partial charge is 0.385 e. The number of fused-ring (bicyclic) bond motifs is 1. The number of hydrogen-bond acceptors (Lipinski definition) is 4. The second-order valence-electron chi connectivity index (χ2n) is 5.94. The van der Waals surface area contributed by atoms with Gasteiger partial charge in [0.05, 0.1) is 23.0 Å². The molecular weight excluding hydrogens is 316 g/mol. The summed E-state index contributed by atoms with van der Waals surface area (Å²) < 4.78 is 6.82. The Balaban J connectivity index is 2.01. The fraction of sp³-hybridized carbons (Fsp3) is 0.316. The summed E-state index contributed by atoms with van der Waals surface area (Å²) in [5, 5.41) is 8.08. The zero-order chi connectivity index (χ0) is 17.8. The molecule has 0 fully saturated rings. The van der Waals surface area contributed by atoms with Gasteiger partial charge in [0.25, 0.3) is 5.91 Å². The van der Waals surface area contributed by atoms with Crippen molar-refractivity contribution in [2.75, 3.05) is 20.3 Å². The first-order valence-electron chi connectivity index (χ1n) is 8.27. The third kappa shape index (κ3) is 3.53. The summed E-state index contributed by atoms with van der Waals surface area (Å²) in [6, 6.07) is 9.53. The molecule has 0 aliphatic rings. The highest BCUT2D eigenvalue weighted by Crippen LogP contribution is 2.26. The number of aromatic nitrogens is 3. The monoisotopic (exact) mass is 338 g/mol. The van der Waals surface area contributed by atoms with E-state index in [0.717, 1.165) is 34.3 Å². The van der Waals surface area contributed by atoms with Gasteiger partial charge in [-0.2, -0.15) is 5.10 Å². The maximum absolute atomic E-state index is 12.7. The van der Waals surface area contributed by atoms with Crippen LogP contribution in [0.5, 0.6) is 0 Å². The predicted octanol–water partition coefficient (Wildman–Crippen LogP) is 2.71. The lowest BCUT2D eigenvalue weighted by molar-refractivity contribution is 0.0950. The molecule has 3 rings (SSSR count). The van der Waals surface area contributed by atoms with E-state index in [4.69, 9.17) is 9.72 Å². The van der Waals surface area contributed by atoms with E-state index in [-0.39, 0.29) is 5.91 Å². The van der Waals surface area contributed by atoms with E-state index in [9.17, 15) is 4.79 Å². The number of ether oxygens (including phenoxy) is 1. The number of aryl methyl sites for hydroxylation is 1. The van der Waals surface area contributed by atoms with Crippen molar-refractivity contribution in [2.24, 2.45) is 7.05 Å². The second kappa shape index (κ2) is 7.44. The summed E-state index contributed by atoms with van der Waals surface area (Å²) in [6.07, 6.45) is 2.56. The molecule has 6 nitrogen and oxygen atoms in total. The van der Waals surface area contributed by atoms with E-state index in [1.165, 1.54) is 0 Å². The van der Waals surface area contributed by atoms with Gasteiger partial charge >= 0.3 is 0 Å². The average molecular weight is 338 g/mol. The van der Waals surface area contributed by atoms with Crippen molar-refractivity contribution in [3.8, 4) is 11.3 Å². The fourth-order valence-corrected chi connectivity index (χ4v) is 2.77. The summed E-state index contributed by atoms with van der Waals surface area (Å²) >= 11 is 0. The molecule has 0 unspecified atom stereocenters. The Morgan fingerprint density at radius 1 is 1.32 bits per heavy atom. The van der Waals surface area contributed by atoms with Crippen molar-refractivity contribution < 1.29 is 9.53 Å². The zero-order valence-corrected chi connectivity index (χ0v) is 14.7. The van der Waals surface area contributed by atoms with Gasteiger partial charge in [0, 0.05) is 44.0 Å². The molecular formula is C19H22N4O2. The molecule has 25 heavy (non-hydrogen) atoms. The van der Waals surface area contributed by atoms with Crippen LogP contribution in [-0.2, 0) is 11.8 Å². The Labute approximate surface area is 146 Å². The molecule has 130 valence electrons. The van der Waals surface area contributed by atoms with Crippen molar-refractivity contribution >= 4 is 16.8 Å². The first-order chi connectivity index (χ1) is 12.1. The second-order valence-corrected chi connectivity index (χ2v) is 5.94. The zero-order valence-electron chi connectivity index (χ0n) is 14.7. The van der Waals surface area contributed by atoms with Gasteiger partial charge in [0.1, 0.15) is 0 Å². The van der Waals surface area contributed by atoms with Crippen molar-refractivity contribution in [3.05, 3.63) is 47.8 Å². The lowest BCUT2D eigenvalue weighted by atomic mass is 10.0. The Kier molecular flexibility index (Phi) is 5.09. The number of amides is 1. The smallest absolute Gasteiger partial charge is 0.252 e. The van der Waals surface area contributed by atoms with Gasteiger partial charge in [-0.15, -0.1) is 0 Å². The van der Waals surface area contributed by atoms with Crippen LogP contribution in [0.25, 0.3) is 22.2 Å². The number of pyridine rings is 1. The molecule has 0 saturated carbocycles. The van der Waals surface area contributed by atoms with E-state index in [1.807, 2.05) is 44.3 Å². The lowest BCUT2D eigenvalue weighted by Crippen LogP contribution is -2.25. The van der Waals surface area contributed by atoms with Crippen molar-refractivity contribution in [3.63, 3.8) is 0 Å². The van der Waals surface area contributed by atoms with Gasteiger partial charge in [0.2, 0.25) is 0 Å². The SMILES string of the molecule is COCCCNC(=O)c1cc(-c2cnn(C)c2C)nc2ccccc12. The fourth-order valence-electron chi connectivity index (χ4n) is 2.77. The molecule has 0 atom stereocenters.